The minimum absolute atomic E-state index is 0.109. The second-order valence-corrected chi connectivity index (χ2v) is 8.18. The number of nitrogens with zero attached hydrogens (tertiary/aromatic N) is 1. The van der Waals surface area contributed by atoms with Crippen molar-refractivity contribution in [2.24, 2.45) is 0 Å². The molecule has 0 bridgehead atoms. The molecular weight excluding hydrogens is 344 g/mol. The van der Waals surface area contributed by atoms with E-state index >= 15 is 0 Å². The van der Waals surface area contributed by atoms with Crippen molar-refractivity contribution in [3.8, 4) is 0 Å². The maximum Gasteiger partial charge on any atom is 0.0701 e. The molecule has 0 aliphatic rings. The molecule has 0 saturated heterocycles. The van der Waals surface area contributed by atoms with E-state index in [0.717, 1.165) is 19.6 Å². The number of likely N-dealkylation sites (N-methyl/N-ethyl adjacent to an activating group) is 2. The summed E-state index contributed by atoms with van der Waals surface area (Å²) < 4.78 is 1.20. The lowest BCUT2D eigenvalue weighted by Crippen LogP contribution is -2.43. The van der Waals surface area contributed by atoms with Crippen LogP contribution in [0.25, 0.3) is 0 Å². The van der Waals surface area contributed by atoms with Gasteiger partial charge in [-0.25, -0.2) is 0 Å². The highest BCUT2D eigenvalue weighted by Crippen LogP contribution is 2.26. The number of nitrogens with one attached hydrogen (secondary N) is 1. The molecule has 0 spiro atoms. The van der Waals surface area contributed by atoms with Crippen molar-refractivity contribution in [2.45, 2.75) is 18.9 Å². The monoisotopic (exact) mass is 366 g/mol. The van der Waals surface area contributed by atoms with Gasteiger partial charge in [0.15, 0.2) is 0 Å². The molecule has 21 heavy (non-hydrogen) atoms. The Hall–Kier alpha value is -0.680. The Kier molecular flexibility index (Phi) is 5.99. The van der Waals surface area contributed by atoms with Gasteiger partial charge in [0.25, 0.3) is 0 Å². The van der Waals surface area contributed by atoms with Crippen LogP contribution in [0.4, 0.5) is 0 Å². The molecule has 1 atom stereocenters. The predicted molar refractivity (Wildman–Crippen MR) is 96.1 cm³/mol. The summed E-state index contributed by atoms with van der Waals surface area (Å²) in [7, 11) is 4.22. The van der Waals surface area contributed by atoms with Crippen LogP contribution in [0.1, 0.15) is 18.1 Å². The van der Waals surface area contributed by atoms with Crippen molar-refractivity contribution in [1.29, 1.82) is 0 Å². The summed E-state index contributed by atoms with van der Waals surface area (Å²) in [5.41, 5.74) is 2.87. The summed E-state index contributed by atoms with van der Waals surface area (Å²) in [6, 6.07) is 13.0. The molecule has 2 aromatic rings. The molecule has 1 N–H and O–H groups in total. The molecule has 0 amide bonds. The number of thiophene rings is 1. The lowest BCUT2D eigenvalue weighted by Gasteiger charge is -2.34. The van der Waals surface area contributed by atoms with Gasteiger partial charge < -0.3 is 10.2 Å². The van der Waals surface area contributed by atoms with Gasteiger partial charge in [-0.1, -0.05) is 37.3 Å². The zero-order chi connectivity index (χ0) is 15.3. The van der Waals surface area contributed by atoms with Gasteiger partial charge in [0, 0.05) is 25.0 Å². The molecule has 4 heteroatoms. The van der Waals surface area contributed by atoms with Gasteiger partial charge >= 0.3 is 0 Å². The van der Waals surface area contributed by atoms with Gasteiger partial charge in [-0.3, -0.25) is 0 Å². The van der Waals surface area contributed by atoms with Crippen molar-refractivity contribution in [3.63, 3.8) is 0 Å². The third kappa shape index (κ3) is 4.65. The van der Waals surface area contributed by atoms with E-state index in [-0.39, 0.29) is 5.41 Å². The molecule has 1 aromatic heterocycles. The van der Waals surface area contributed by atoms with Crippen molar-refractivity contribution in [1.82, 2.24) is 10.2 Å². The van der Waals surface area contributed by atoms with Gasteiger partial charge in [0.1, 0.15) is 0 Å². The van der Waals surface area contributed by atoms with E-state index in [1.165, 1.54) is 14.9 Å². The van der Waals surface area contributed by atoms with Crippen molar-refractivity contribution in [3.05, 3.63) is 56.7 Å². The maximum absolute atomic E-state index is 3.54. The maximum atomic E-state index is 3.54. The molecule has 2 rings (SSSR count). The first-order valence-electron chi connectivity index (χ1n) is 7.15. The molecule has 0 radical (unpaired) electrons. The number of halogens is 1. The number of hydrogen-bond acceptors (Lipinski definition) is 3. The van der Waals surface area contributed by atoms with Gasteiger partial charge in [-0.2, -0.15) is 0 Å². The summed E-state index contributed by atoms with van der Waals surface area (Å²) in [6.07, 6.45) is 0. The summed E-state index contributed by atoms with van der Waals surface area (Å²) >= 11 is 5.28. The SMILES string of the molecule is CNCC(C)(CN(C)Cc1csc(Br)c1)c1ccccc1. The molecular formula is C17H23BrN2S. The van der Waals surface area contributed by atoms with E-state index < -0.39 is 0 Å². The van der Waals surface area contributed by atoms with Crippen LogP contribution < -0.4 is 5.32 Å². The fraction of sp³-hybridized carbons (Fsp3) is 0.412. The van der Waals surface area contributed by atoms with Crippen LogP contribution in [0.15, 0.2) is 45.6 Å². The lowest BCUT2D eigenvalue weighted by molar-refractivity contribution is 0.246. The van der Waals surface area contributed by atoms with E-state index in [2.05, 4.69) is 81.9 Å². The van der Waals surface area contributed by atoms with E-state index in [9.17, 15) is 0 Å². The van der Waals surface area contributed by atoms with Crippen LogP contribution in [0.5, 0.6) is 0 Å². The quantitative estimate of drug-likeness (QED) is 0.792. The van der Waals surface area contributed by atoms with Crippen molar-refractivity contribution < 1.29 is 0 Å². The second kappa shape index (κ2) is 7.54. The molecule has 0 aliphatic heterocycles. The third-order valence-electron chi connectivity index (χ3n) is 3.73. The fourth-order valence-corrected chi connectivity index (χ4v) is 4.07. The van der Waals surface area contributed by atoms with Gasteiger partial charge in [-0.15, -0.1) is 11.3 Å². The molecule has 2 nitrogen and oxygen atoms in total. The Labute approximate surface area is 140 Å². The van der Waals surface area contributed by atoms with Crippen LogP contribution in [-0.4, -0.2) is 32.1 Å². The van der Waals surface area contributed by atoms with E-state index in [4.69, 9.17) is 0 Å². The average molecular weight is 367 g/mol. The van der Waals surface area contributed by atoms with Gasteiger partial charge in [0.2, 0.25) is 0 Å². The Balaban J connectivity index is 2.08. The highest BCUT2D eigenvalue weighted by atomic mass is 79.9. The minimum Gasteiger partial charge on any atom is -0.319 e. The van der Waals surface area contributed by atoms with Crippen LogP contribution in [0.3, 0.4) is 0 Å². The number of rotatable bonds is 7. The standard InChI is InChI=1S/C17H23BrN2S/c1-17(12-19-2,15-7-5-4-6-8-15)13-20(3)10-14-9-16(18)21-11-14/h4-9,11,19H,10,12-13H2,1-3H3. The summed E-state index contributed by atoms with van der Waals surface area (Å²) in [6.45, 7) is 5.30. The molecule has 0 aliphatic carbocycles. The first-order chi connectivity index (χ1) is 10.0. The molecule has 0 saturated carbocycles. The Morgan fingerprint density at radius 2 is 2.00 bits per heavy atom. The van der Waals surface area contributed by atoms with Crippen molar-refractivity contribution >= 4 is 27.3 Å². The highest BCUT2D eigenvalue weighted by molar-refractivity contribution is 9.11. The normalized spacial score (nSPS) is 14.3. The minimum atomic E-state index is 0.109. The average Bonchev–Trinajstić information content (AvgIpc) is 2.85. The molecule has 0 fully saturated rings. The Bertz CT molecular complexity index is 555. The van der Waals surface area contributed by atoms with E-state index in [1.54, 1.807) is 11.3 Å². The molecule has 1 unspecified atom stereocenters. The first-order valence-corrected chi connectivity index (χ1v) is 8.82. The molecule has 1 aromatic carbocycles. The molecule has 1 heterocycles. The van der Waals surface area contributed by atoms with E-state index in [0.29, 0.717) is 0 Å². The Morgan fingerprint density at radius 1 is 1.29 bits per heavy atom. The van der Waals surface area contributed by atoms with Crippen LogP contribution in [0.2, 0.25) is 0 Å². The predicted octanol–water partition coefficient (Wildman–Crippen LogP) is 4.12. The van der Waals surface area contributed by atoms with Crippen LogP contribution in [-0.2, 0) is 12.0 Å². The fourth-order valence-electron chi connectivity index (χ4n) is 2.87. The lowest BCUT2D eigenvalue weighted by atomic mass is 9.82. The smallest absolute Gasteiger partial charge is 0.0701 e. The summed E-state index contributed by atoms with van der Waals surface area (Å²) in [4.78, 5) is 2.40. The highest BCUT2D eigenvalue weighted by Gasteiger charge is 2.27. The van der Waals surface area contributed by atoms with Gasteiger partial charge in [0.05, 0.1) is 3.79 Å². The van der Waals surface area contributed by atoms with Gasteiger partial charge in [-0.05, 0) is 52.6 Å². The largest absolute Gasteiger partial charge is 0.319 e. The Morgan fingerprint density at radius 3 is 2.57 bits per heavy atom. The third-order valence-corrected chi connectivity index (χ3v) is 5.28. The molecule has 114 valence electrons. The van der Waals surface area contributed by atoms with Crippen molar-refractivity contribution in [2.75, 3.05) is 27.2 Å². The topological polar surface area (TPSA) is 15.3 Å². The van der Waals surface area contributed by atoms with Crippen LogP contribution >= 0.6 is 27.3 Å². The summed E-state index contributed by atoms with van der Waals surface area (Å²) in [5, 5.41) is 5.57. The zero-order valence-electron chi connectivity index (χ0n) is 12.9. The zero-order valence-corrected chi connectivity index (χ0v) is 15.3. The first kappa shape index (κ1) is 16.7. The number of hydrogen-bond donors (Lipinski definition) is 1. The number of benzene rings is 1. The van der Waals surface area contributed by atoms with Crippen LogP contribution in [0, 0.1) is 0 Å². The van der Waals surface area contributed by atoms with E-state index in [1.807, 2.05) is 7.05 Å². The second-order valence-electron chi connectivity index (χ2n) is 5.89. The summed E-state index contributed by atoms with van der Waals surface area (Å²) in [5.74, 6) is 0.